The van der Waals surface area contributed by atoms with E-state index in [-0.39, 0.29) is 25.9 Å². The summed E-state index contributed by atoms with van der Waals surface area (Å²) in [5, 5.41) is 6.10. The van der Waals surface area contributed by atoms with Crippen LogP contribution in [0.2, 0.25) is 0 Å². The van der Waals surface area contributed by atoms with Crippen LogP contribution in [-0.4, -0.2) is 28.8 Å². The van der Waals surface area contributed by atoms with E-state index in [2.05, 4.69) is 41.1 Å². The molecule has 2 N–H and O–H groups in total. The van der Waals surface area contributed by atoms with E-state index in [0.717, 1.165) is 27.6 Å². The van der Waals surface area contributed by atoms with Crippen LogP contribution in [0.5, 0.6) is 0 Å². The summed E-state index contributed by atoms with van der Waals surface area (Å²) in [6.07, 6.45) is -0.379. The molecule has 0 spiro atoms. The Morgan fingerprint density at radius 3 is 1.68 bits per heavy atom. The summed E-state index contributed by atoms with van der Waals surface area (Å²) in [7, 11) is 0. The molecule has 6 heteroatoms. The fourth-order valence-electron chi connectivity index (χ4n) is 5.56. The zero-order valence-corrected chi connectivity index (χ0v) is 20.4. The number of anilines is 2. The monoisotopic (exact) mass is 494 g/mol. The standard InChI is InChI=1S/C31H28F2N4/c32-30(33)18-20-36(21-19-30)29-27-22-26(34)16-17-28(27)37(35-29)31(23-10-4-1-5-11-23,24-12-6-2-7-13-24)25-14-8-3-9-15-25/h1-17,22H,18-21,34H2. The Morgan fingerprint density at radius 1 is 0.703 bits per heavy atom. The number of aromatic nitrogens is 2. The normalized spacial score (nSPS) is 15.7. The molecule has 0 bridgehead atoms. The first-order chi connectivity index (χ1) is 18.0. The number of nitrogens with zero attached hydrogens (tertiary/aromatic N) is 3. The van der Waals surface area contributed by atoms with Crippen LogP contribution in [-0.2, 0) is 5.54 Å². The second-order valence-corrected chi connectivity index (χ2v) is 9.66. The summed E-state index contributed by atoms with van der Waals surface area (Å²) in [6, 6.07) is 36.7. The summed E-state index contributed by atoms with van der Waals surface area (Å²) in [5.41, 5.74) is 10.1. The maximum absolute atomic E-state index is 14.1. The minimum Gasteiger partial charge on any atom is -0.399 e. The number of fused-ring (bicyclic) bond motifs is 1. The molecule has 37 heavy (non-hydrogen) atoms. The Hall–Kier alpha value is -4.19. The molecule has 1 aliphatic heterocycles. The second kappa shape index (κ2) is 9.04. The number of halogens is 2. The summed E-state index contributed by atoms with van der Waals surface area (Å²) in [5.74, 6) is -1.96. The second-order valence-electron chi connectivity index (χ2n) is 9.66. The Labute approximate surface area is 215 Å². The third kappa shape index (κ3) is 3.93. The van der Waals surface area contributed by atoms with Gasteiger partial charge in [0.25, 0.3) is 5.92 Å². The molecule has 0 saturated carbocycles. The Balaban J connectivity index is 1.69. The largest absolute Gasteiger partial charge is 0.399 e. The van der Waals surface area contributed by atoms with E-state index >= 15 is 0 Å². The molecule has 1 aliphatic rings. The Bertz CT molecular complexity index is 1410. The highest BCUT2D eigenvalue weighted by atomic mass is 19.3. The molecule has 0 aliphatic carbocycles. The minimum absolute atomic E-state index is 0.190. The summed E-state index contributed by atoms with van der Waals surface area (Å²) < 4.78 is 30.2. The van der Waals surface area contributed by atoms with Crippen LogP contribution in [0.3, 0.4) is 0 Å². The highest BCUT2D eigenvalue weighted by molar-refractivity contribution is 5.93. The van der Waals surface area contributed by atoms with Crippen LogP contribution < -0.4 is 10.6 Å². The van der Waals surface area contributed by atoms with Gasteiger partial charge in [-0.25, -0.2) is 13.5 Å². The van der Waals surface area contributed by atoms with E-state index in [4.69, 9.17) is 10.8 Å². The van der Waals surface area contributed by atoms with Gasteiger partial charge in [-0.15, -0.1) is 0 Å². The predicted octanol–water partition coefficient (Wildman–Crippen LogP) is 6.69. The smallest absolute Gasteiger partial charge is 0.251 e. The van der Waals surface area contributed by atoms with E-state index in [1.807, 2.05) is 77.7 Å². The minimum atomic E-state index is -2.64. The van der Waals surface area contributed by atoms with Crippen molar-refractivity contribution in [3.8, 4) is 0 Å². The lowest BCUT2D eigenvalue weighted by molar-refractivity contribution is -0.0221. The lowest BCUT2D eigenvalue weighted by Crippen LogP contribution is -2.41. The molecule has 0 radical (unpaired) electrons. The van der Waals surface area contributed by atoms with Crippen molar-refractivity contribution < 1.29 is 8.78 Å². The molecule has 1 fully saturated rings. The molecule has 0 atom stereocenters. The Morgan fingerprint density at radius 2 is 1.19 bits per heavy atom. The van der Waals surface area contributed by atoms with Gasteiger partial charge in [-0.1, -0.05) is 91.0 Å². The summed E-state index contributed by atoms with van der Waals surface area (Å²) >= 11 is 0. The molecule has 0 amide bonds. The number of hydrogen-bond donors (Lipinski definition) is 1. The molecule has 6 rings (SSSR count). The maximum Gasteiger partial charge on any atom is 0.251 e. The number of hydrogen-bond acceptors (Lipinski definition) is 3. The van der Waals surface area contributed by atoms with Crippen molar-refractivity contribution in [2.24, 2.45) is 0 Å². The third-order valence-corrected chi connectivity index (χ3v) is 7.37. The van der Waals surface area contributed by atoms with Gasteiger partial charge in [0.05, 0.1) is 5.52 Å². The molecular weight excluding hydrogens is 466 g/mol. The average molecular weight is 495 g/mol. The van der Waals surface area contributed by atoms with Crippen molar-refractivity contribution in [2.45, 2.75) is 24.3 Å². The van der Waals surface area contributed by atoms with Gasteiger partial charge in [-0.05, 0) is 34.9 Å². The highest BCUT2D eigenvalue weighted by Gasteiger charge is 2.42. The van der Waals surface area contributed by atoms with Crippen molar-refractivity contribution in [3.63, 3.8) is 0 Å². The molecule has 186 valence electrons. The van der Waals surface area contributed by atoms with Crippen LogP contribution in [0.25, 0.3) is 10.9 Å². The van der Waals surface area contributed by atoms with Gasteiger partial charge in [-0.2, -0.15) is 5.10 Å². The van der Waals surface area contributed by atoms with Gasteiger partial charge in [0.1, 0.15) is 5.54 Å². The zero-order valence-electron chi connectivity index (χ0n) is 20.4. The zero-order chi connectivity index (χ0) is 25.5. The first-order valence-corrected chi connectivity index (χ1v) is 12.6. The van der Waals surface area contributed by atoms with Gasteiger partial charge in [-0.3, -0.25) is 0 Å². The lowest BCUT2D eigenvalue weighted by Gasteiger charge is -2.37. The van der Waals surface area contributed by atoms with Crippen LogP contribution >= 0.6 is 0 Å². The topological polar surface area (TPSA) is 47.1 Å². The number of nitrogen functional groups attached to an aromatic ring is 1. The average Bonchev–Trinajstić information content (AvgIpc) is 3.30. The maximum atomic E-state index is 14.1. The molecule has 5 aromatic rings. The first kappa shape index (κ1) is 23.2. The predicted molar refractivity (Wildman–Crippen MR) is 145 cm³/mol. The van der Waals surface area contributed by atoms with Gasteiger partial charge in [0, 0.05) is 37.0 Å². The van der Waals surface area contributed by atoms with Crippen molar-refractivity contribution in [1.82, 2.24) is 9.78 Å². The van der Waals surface area contributed by atoms with Crippen LogP contribution in [0.15, 0.2) is 109 Å². The fourth-order valence-corrected chi connectivity index (χ4v) is 5.56. The van der Waals surface area contributed by atoms with E-state index < -0.39 is 11.5 Å². The van der Waals surface area contributed by atoms with Crippen molar-refractivity contribution in [2.75, 3.05) is 23.7 Å². The third-order valence-electron chi connectivity index (χ3n) is 7.37. The van der Waals surface area contributed by atoms with Crippen molar-refractivity contribution >= 4 is 22.4 Å². The molecule has 1 aromatic heterocycles. The summed E-state index contributed by atoms with van der Waals surface area (Å²) in [4.78, 5) is 1.97. The first-order valence-electron chi connectivity index (χ1n) is 12.6. The SMILES string of the molecule is Nc1ccc2c(c1)c(N1CCC(F)(F)CC1)nn2C(c1ccccc1)(c1ccccc1)c1ccccc1. The van der Waals surface area contributed by atoms with Crippen LogP contribution in [0.4, 0.5) is 20.3 Å². The molecule has 2 heterocycles. The number of benzene rings is 4. The fraction of sp³-hybridized carbons (Fsp3) is 0.194. The van der Waals surface area contributed by atoms with Crippen molar-refractivity contribution in [3.05, 3.63) is 126 Å². The highest BCUT2D eigenvalue weighted by Crippen LogP contribution is 2.44. The molecule has 0 unspecified atom stereocenters. The number of nitrogens with two attached hydrogens (primary N) is 1. The molecule has 1 saturated heterocycles. The van der Waals surface area contributed by atoms with Crippen LogP contribution in [0.1, 0.15) is 29.5 Å². The van der Waals surface area contributed by atoms with Gasteiger partial charge < -0.3 is 10.6 Å². The van der Waals surface area contributed by atoms with Crippen LogP contribution in [0, 0.1) is 0 Å². The van der Waals surface area contributed by atoms with E-state index in [1.165, 1.54) is 0 Å². The quantitative estimate of drug-likeness (QED) is 0.219. The van der Waals surface area contributed by atoms with E-state index in [9.17, 15) is 8.78 Å². The summed E-state index contributed by atoms with van der Waals surface area (Å²) in [6.45, 7) is 0.478. The molecular formula is C31H28F2N4. The van der Waals surface area contributed by atoms with E-state index in [0.29, 0.717) is 11.5 Å². The Kier molecular flexibility index (Phi) is 5.67. The van der Waals surface area contributed by atoms with Gasteiger partial charge in [0.2, 0.25) is 0 Å². The number of piperidine rings is 1. The molecule has 4 aromatic carbocycles. The number of rotatable bonds is 5. The lowest BCUT2D eigenvalue weighted by atomic mass is 9.77. The van der Waals surface area contributed by atoms with Crippen molar-refractivity contribution in [1.29, 1.82) is 0 Å². The number of alkyl halides is 2. The van der Waals surface area contributed by atoms with E-state index in [1.54, 1.807) is 0 Å². The molecule has 4 nitrogen and oxygen atoms in total. The van der Waals surface area contributed by atoms with Gasteiger partial charge in [0.15, 0.2) is 5.82 Å². The van der Waals surface area contributed by atoms with Gasteiger partial charge >= 0.3 is 0 Å².